The van der Waals surface area contributed by atoms with Gasteiger partial charge in [-0.3, -0.25) is 9.80 Å². The van der Waals surface area contributed by atoms with E-state index in [4.69, 9.17) is 4.74 Å². The topological polar surface area (TPSA) is 94.2 Å². The highest BCUT2D eigenvalue weighted by atomic mass is 19.4. The number of nitrogens with zero attached hydrogens (tertiary/aromatic N) is 3. The second-order valence-corrected chi connectivity index (χ2v) is 10.1. The molecule has 37 heavy (non-hydrogen) atoms. The Labute approximate surface area is 214 Å². The molecule has 1 saturated heterocycles. The van der Waals surface area contributed by atoms with Crippen LogP contribution in [-0.4, -0.2) is 84.6 Å². The molecule has 12 heteroatoms. The maximum Gasteiger partial charge on any atom is 0.416 e. The zero-order valence-electron chi connectivity index (χ0n) is 21.7. The Balaban J connectivity index is 1.94. The molecule has 1 fully saturated rings. The average Bonchev–Trinajstić information content (AvgIpc) is 2.80. The van der Waals surface area contributed by atoms with Gasteiger partial charge in [-0.05, 0) is 39.3 Å². The summed E-state index contributed by atoms with van der Waals surface area (Å²) < 4.78 is 46.7. The molecule has 0 aliphatic carbocycles. The lowest BCUT2D eigenvalue weighted by atomic mass is 9.90. The molecule has 204 valence electrons. The summed E-state index contributed by atoms with van der Waals surface area (Å²) in [6.45, 7) is 9.16. The van der Waals surface area contributed by atoms with Crippen LogP contribution in [0.4, 0.5) is 22.8 Å². The number of nitrogens with one attached hydrogen (secondary N) is 2. The number of piperazine rings is 1. The normalized spacial score (nSPS) is 19.6. The molecule has 0 saturated carbocycles. The predicted molar refractivity (Wildman–Crippen MR) is 130 cm³/mol. The minimum Gasteiger partial charge on any atom is -0.463 e. The molecule has 1 aromatic carbocycles. The van der Waals surface area contributed by atoms with E-state index >= 15 is 0 Å². The Morgan fingerprint density at radius 1 is 1.11 bits per heavy atom. The molecular formula is C25H34F3N5O4. The predicted octanol–water partition coefficient (Wildman–Crippen LogP) is 3.34. The number of rotatable bonds is 5. The van der Waals surface area contributed by atoms with E-state index in [0.29, 0.717) is 26.2 Å². The van der Waals surface area contributed by atoms with E-state index < -0.39 is 29.8 Å². The van der Waals surface area contributed by atoms with Crippen molar-refractivity contribution in [2.75, 3.05) is 46.4 Å². The van der Waals surface area contributed by atoms with Crippen molar-refractivity contribution >= 4 is 18.0 Å². The van der Waals surface area contributed by atoms with Crippen molar-refractivity contribution in [3.8, 4) is 0 Å². The van der Waals surface area contributed by atoms with Crippen LogP contribution >= 0.6 is 0 Å². The van der Waals surface area contributed by atoms with Crippen LogP contribution in [0.15, 0.2) is 35.5 Å². The van der Waals surface area contributed by atoms with Gasteiger partial charge in [-0.2, -0.15) is 13.2 Å². The van der Waals surface area contributed by atoms with Crippen molar-refractivity contribution in [2.24, 2.45) is 0 Å². The van der Waals surface area contributed by atoms with Gasteiger partial charge in [-0.15, -0.1) is 0 Å². The van der Waals surface area contributed by atoms with Crippen LogP contribution in [0.1, 0.15) is 44.9 Å². The Morgan fingerprint density at radius 3 is 2.30 bits per heavy atom. The number of esters is 1. The van der Waals surface area contributed by atoms with Gasteiger partial charge in [0.25, 0.3) is 0 Å². The number of carbonyl (C=O) groups is 3. The summed E-state index contributed by atoms with van der Waals surface area (Å²) >= 11 is 0. The zero-order valence-corrected chi connectivity index (χ0v) is 21.7. The maximum absolute atomic E-state index is 13.8. The number of likely N-dealkylation sites (N-methyl/N-ethyl adjacent to an activating group) is 1. The summed E-state index contributed by atoms with van der Waals surface area (Å²) in [5.41, 5.74) is -1.34. The fraction of sp³-hybridized carbons (Fsp3) is 0.560. The van der Waals surface area contributed by atoms with E-state index in [2.05, 4.69) is 10.6 Å². The average molecular weight is 526 g/mol. The van der Waals surface area contributed by atoms with Crippen molar-refractivity contribution in [3.05, 3.63) is 46.7 Å². The first-order chi connectivity index (χ1) is 17.2. The first-order valence-electron chi connectivity index (χ1n) is 12.1. The van der Waals surface area contributed by atoms with Gasteiger partial charge in [0.2, 0.25) is 0 Å². The second kappa shape index (κ2) is 11.0. The van der Waals surface area contributed by atoms with Crippen LogP contribution < -0.4 is 10.6 Å². The van der Waals surface area contributed by atoms with Gasteiger partial charge in [-0.1, -0.05) is 18.2 Å². The lowest BCUT2D eigenvalue weighted by molar-refractivity contribution is -0.141. The van der Waals surface area contributed by atoms with E-state index in [1.54, 1.807) is 11.8 Å². The number of hydrogen-bond acceptors (Lipinski definition) is 5. The monoisotopic (exact) mass is 525 g/mol. The third kappa shape index (κ3) is 6.73. The standard InChI is InChI=1S/C25H34F3N5O4/c1-6-37-21(34)19-18(15-32-11-13-33(14-12-32)23(36)30-24(2,3)4)31(5)22(35)29-20(19)16-9-7-8-10-17(16)25(26,27)28/h7-10,20H,6,11-15H2,1-5H3,(H,29,35)(H,30,36)/t20-/m1/s1. The minimum absolute atomic E-state index is 0.0163. The molecule has 0 aromatic heterocycles. The number of hydrogen-bond donors (Lipinski definition) is 2. The van der Waals surface area contributed by atoms with E-state index in [9.17, 15) is 27.6 Å². The molecule has 0 spiro atoms. The number of ether oxygens (including phenoxy) is 1. The molecular weight excluding hydrogens is 491 g/mol. The number of carbonyl (C=O) groups excluding carboxylic acids is 3. The number of alkyl halides is 3. The van der Waals surface area contributed by atoms with Gasteiger partial charge in [-0.25, -0.2) is 14.4 Å². The highest BCUT2D eigenvalue weighted by Crippen LogP contribution is 2.39. The van der Waals surface area contributed by atoms with Gasteiger partial charge in [0, 0.05) is 51.0 Å². The summed E-state index contributed by atoms with van der Waals surface area (Å²) in [4.78, 5) is 43.3. The lowest BCUT2D eigenvalue weighted by Crippen LogP contribution is -2.56. The molecule has 4 amide bonds. The van der Waals surface area contributed by atoms with Gasteiger partial charge in [0.15, 0.2) is 0 Å². The van der Waals surface area contributed by atoms with Crippen LogP contribution in [0, 0.1) is 0 Å². The maximum atomic E-state index is 13.8. The van der Waals surface area contributed by atoms with Crippen molar-refractivity contribution in [3.63, 3.8) is 0 Å². The number of urea groups is 2. The van der Waals surface area contributed by atoms with Crippen LogP contribution in [0.2, 0.25) is 0 Å². The zero-order chi connectivity index (χ0) is 27.5. The summed E-state index contributed by atoms with van der Waals surface area (Å²) in [6.07, 6.45) is -4.69. The first kappa shape index (κ1) is 28.3. The third-order valence-corrected chi connectivity index (χ3v) is 6.16. The van der Waals surface area contributed by atoms with Crippen LogP contribution in [0.25, 0.3) is 0 Å². The molecule has 0 radical (unpaired) electrons. The molecule has 2 aliphatic rings. The lowest BCUT2D eigenvalue weighted by Gasteiger charge is -2.40. The summed E-state index contributed by atoms with van der Waals surface area (Å²) in [5, 5.41) is 5.46. The molecule has 2 aliphatic heterocycles. The fourth-order valence-corrected chi connectivity index (χ4v) is 4.36. The molecule has 9 nitrogen and oxygen atoms in total. The number of amides is 4. The highest BCUT2D eigenvalue weighted by molar-refractivity contribution is 5.95. The van der Waals surface area contributed by atoms with E-state index in [-0.39, 0.29) is 41.6 Å². The van der Waals surface area contributed by atoms with Crippen LogP contribution in [0.3, 0.4) is 0 Å². The van der Waals surface area contributed by atoms with Crippen molar-refractivity contribution in [2.45, 2.75) is 45.5 Å². The molecule has 1 aromatic rings. The first-order valence-corrected chi connectivity index (χ1v) is 12.1. The van der Waals surface area contributed by atoms with Crippen LogP contribution in [0.5, 0.6) is 0 Å². The Morgan fingerprint density at radius 2 is 1.73 bits per heavy atom. The molecule has 0 bridgehead atoms. The van der Waals surface area contributed by atoms with Crippen LogP contribution in [-0.2, 0) is 15.7 Å². The smallest absolute Gasteiger partial charge is 0.416 e. The SMILES string of the molecule is CCOC(=O)C1=C(CN2CCN(C(=O)NC(C)(C)C)CC2)N(C)C(=O)N[C@@H]1c1ccccc1C(F)(F)F. The number of benzene rings is 1. The van der Waals surface area contributed by atoms with E-state index in [0.717, 1.165) is 6.07 Å². The van der Waals surface area contributed by atoms with Gasteiger partial charge in [0.05, 0.1) is 23.8 Å². The molecule has 2 N–H and O–H groups in total. The minimum atomic E-state index is -4.69. The quantitative estimate of drug-likeness (QED) is 0.576. The van der Waals surface area contributed by atoms with Crippen molar-refractivity contribution in [1.82, 2.24) is 25.3 Å². The van der Waals surface area contributed by atoms with Gasteiger partial charge in [0.1, 0.15) is 0 Å². The molecule has 3 rings (SSSR count). The van der Waals surface area contributed by atoms with Gasteiger partial charge >= 0.3 is 24.2 Å². The Hall–Kier alpha value is -3.28. The fourth-order valence-electron chi connectivity index (χ4n) is 4.36. The van der Waals surface area contributed by atoms with E-state index in [1.807, 2.05) is 25.7 Å². The Kier molecular flexibility index (Phi) is 8.41. The highest BCUT2D eigenvalue weighted by Gasteiger charge is 2.42. The second-order valence-electron chi connectivity index (χ2n) is 10.1. The largest absolute Gasteiger partial charge is 0.463 e. The summed E-state index contributed by atoms with van der Waals surface area (Å²) in [6, 6.07) is 2.71. The van der Waals surface area contributed by atoms with Crippen molar-refractivity contribution < 1.29 is 32.3 Å². The Bertz CT molecular complexity index is 1060. The third-order valence-electron chi connectivity index (χ3n) is 6.16. The summed E-state index contributed by atoms with van der Waals surface area (Å²) in [5.74, 6) is -0.797. The van der Waals surface area contributed by atoms with Crippen molar-refractivity contribution in [1.29, 1.82) is 0 Å². The molecule has 1 atom stereocenters. The summed E-state index contributed by atoms with van der Waals surface area (Å²) in [7, 11) is 1.46. The number of halogens is 3. The molecule has 2 heterocycles. The van der Waals surface area contributed by atoms with E-state index in [1.165, 1.54) is 30.1 Å². The van der Waals surface area contributed by atoms with Gasteiger partial charge < -0.3 is 20.3 Å². The molecule has 0 unspecified atom stereocenters.